The van der Waals surface area contributed by atoms with Crippen molar-refractivity contribution in [2.45, 2.75) is 60.8 Å². The van der Waals surface area contributed by atoms with Gasteiger partial charge in [0.05, 0.1) is 0 Å². The van der Waals surface area contributed by atoms with E-state index in [0.29, 0.717) is 11.1 Å². The Balaban J connectivity index is 0.783. The fourth-order valence-corrected chi connectivity index (χ4v) is 14.2. The molecular formula is C82H66N2O2. The molecule has 2 amide bonds. The quantitative estimate of drug-likeness (QED) is 0.142. The van der Waals surface area contributed by atoms with Gasteiger partial charge in [-0.1, -0.05) is 180 Å². The largest absolute Gasteiger partial charge is 0.355 e. The lowest BCUT2D eigenvalue weighted by Crippen LogP contribution is -2.23. The smallest absolute Gasteiger partial charge is 0.255 e. The molecule has 0 radical (unpaired) electrons. The van der Waals surface area contributed by atoms with Crippen molar-refractivity contribution in [2.24, 2.45) is 0 Å². The first-order valence-corrected chi connectivity index (χ1v) is 29.9. The third-order valence-electron chi connectivity index (χ3n) is 18.5. The first-order chi connectivity index (χ1) is 41.6. The van der Waals surface area contributed by atoms with Gasteiger partial charge in [-0.05, 0) is 265 Å². The molecule has 0 bridgehead atoms. The van der Waals surface area contributed by atoms with Crippen LogP contribution in [-0.2, 0) is 5.41 Å². The van der Waals surface area contributed by atoms with Gasteiger partial charge in [0.25, 0.3) is 11.8 Å². The SMILES string of the molecule is CNC(=O)c1ccc(-c2ccc(C3(C)c4ccccc4-c4ccc(-c5ccc(C(=O)Nc6cc7ccc(-c8c9ccc(C)cc9c(-c9ccc%10cc(C)cc(C)c%10c9)c9ccc(C)cc89)cc7cc6C)cc5C)cc43)c(-c3ccccc3)c2)c(C)c1. The van der Waals surface area contributed by atoms with Crippen molar-refractivity contribution < 1.29 is 9.59 Å². The summed E-state index contributed by atoms with van der Waals surface area (Å²) in [5.41, 5.74) is 27.3. The van der Waals surface area contributed by atoms with Crippen LogP contribution in [0, 0.1) is 48.5 Å². The number of hydrogen-bond donors (Lipinski definition) is 2. The fraction of sp³-hybridized carbons (Fsp3) is 0.122. The zero-order valence-corrected chi connectivity index (χ0v) is 50.2. The summed E-state index contributed by atoms with van der Waals surface area (Å²) in [6.45, 7) is 17.4. The van der Waals surface area contributed by atoms with Gasteiger partial charge in [-0.25, -0.2) is 0 Å². The first kappa shape index (κ1) is 53.8. The van der Waals surface area contributed by atoms with E-state index in [9.17, 15) is 9.59 Å². The molecule has 2 N–H and O–H groups in total. The van der Waals surface area contributed by atoms with Crippen LogP contribution in [0.25, 0.3) is 110 Å². The molecule has 1 aliphatic carbocycles. The van der Waals surface area contributed by atoms with E-state index in [1.54, 1.807) is 7.05 Å². The average molecular weight is 1110 g/mol. The van der Waals surface area contributed by atoms with Crippen molar-refractivity contribution in [3.05, 3.63) is 291 Å². The first-order valence-electron chi connectivity index (χ1n) is 29.9. The molecule has 0 aliphatic heterocycles. The molecule has 0 fully saturated rings. The minimum Gasteiger partial charge on any atom is -0.355 e. The zero-order chi connectivity index (χ0) is 59.3. The molecule has 416 valence electrons. The Morgan fingerprint density at radius 2 is 0.895 bits per heavy atom. The Morgan fingerprint density at radius 1 is 0.326 bits per heavy atom. The molecular weight excluding hydrogens is 1040 g/mol. The van der Waals surface area contributed by atoms with Gasteiger partial charge in [0.1, 0.15) is 0 Å². The van der Waals surface area contributed by atoms with Gasteiger partial charge in [-0.3, -0.25) is 9.59 Å². The van der Waals surface area contributed by atoms with Gasteiger partial charge in [-0.2, -0.15) is 0 Å². The van der Waals surface area contributed by atoms with Crippen molar-refractivity contribution in [3.63, 3.8) is 0 Å². The highest BCUT2D eigenvalue weighted by Crippen LogP contribution is 2.56. The molecule has 0 saturated carbocycles. The van der Waals surface area contributed by atoms with Gasteiger partial charge in [0, 0.05) is 29.3 Å². The van der Waals surface area contributed by atoms with Gasteiger partial charge < -0.3 is 10.6 Å². The third-order valence-corrected chi connectivity index (χ3v) is 18.5. The van der Waals surface area contributed by atoms with Crippen molar-refractivity contribution in [2.75, 3.05) is 12.4 Å². The lowest BCUT2D eigenvalue weighted by Gasteiger charge is -2.31. The summed E-state index contributed by atoms with van der Waals surface area (Å²) >= 11 is 0. The minimum absolute atomic E-state index is 0.0978. The number of carbonyl (C=O) groups is 2. The van der Waals surface area contributed by atoms with Crippen LogP contribution in [0.2, 0.25) is 0 Å². The molecule has 4 heteroatoms. The van der Waals surface area contributed by atoms with Crippen LogP contribution >= 0.6 is 0 Å². The van der Waals surface area contributed by atoms with Crippen LogP contribution in [0.15, 0.2) is 224 Å². The number of aryl methyl sites for hydroxylation is 7. The molecule has 0 saturated heterocycles. The van der Waals surface area contributed by atoms with E-state index in [0.717, 1.165) is 72.1 Å². The molecule has 0 aromatic heterocycles. The van der Waals surface area contributed by atoms with E-state index in [1.807, 2.05) is 24.3 Å². The summed E-state index contributed by atoms with van der Waals surface area (Å²) in [5.74, 6) is -0.245. The second-order valence-electron chi connectivity index (χ2n) is 24.2. The second kappa shape index (κ2) is 20.9. The molecule has 14 rings (SSSR count). The van der Waals surface area contributed by atoms with E-state index in [1.165, 1.54) is 99.1 Å². The second-order valence-corrected chi connectivity index (χ2v) is 24.2. The zero-order valence-electron chi connectivity index (χ0n) is 50.2. The number of amides is 2. The van der Waals surface area contributed by atoms with Gasteiger partial charge >= 0.3 is 0 Å². The number of anilines is 1. The Bertz CT molecular complexity index is 5030. The molecule has 0 heterocycles. The summed E-state index contributed by atoms with van der Waals surface area (Å²) in [7, 11) is 1.66. The van der Waals surface area contributed by atoms with Gasteiger partial charge in [-0.15, -0.1) is 0 Å². The average Bonchev–Trinajstić information content (AvgIpc) is 1.45. The normalized spacial score (nSPS) is 13.5. The topological polar surface area (TPSA) is 58.2 Å². The molecule has 1 aliphatic rings. The lowest BCUT2D eigenvalue weighted by molar-refractivity contribution is 0.0962. The van der Waals surface area contributed by atoms with Crippen LogP contribution in [0.5, 0.6) is 0 Å². The third kappa shape index (κ3) is 8.98. The molecule has 13 aromatic rings. The highest BCUT2D eigenvalue weighted by atomic mass is 16.2. The van der Waals surface area contributed by atoms with Gasteiger partial charge in [0.2, 0.25) is 0 Å². The predicted molar refractivity (Wildman–Crippen MR) is 362 cm³/mol. The molecule has 13 aromatic carbocycles. The number of hydrogen-bond acceptors (Lipinski definition) is 2. The Morgan fingerprint density at radius 3 is 1.57 bits per heavy atom. The highest BCUT2D eigenvalue weighted by Gasteiger charge is 2.42. The van der Waals surface area contributed by atoms with E-state index in [-0.39, 0.29) is 11.8 Å². The number of rotatable bonds is 9. The van der Waals surface area contributed by atoms with E-state index in [4.69, 9.17) is 0 Å². The van der Waals surface area contributed by atoms with Crippen LogP contribution < -0.4 is 10.6 Å². The molecule has 86 heavy (non-hydrogen) atoms. The van der Waals surface area contributed by atoms with Crippen LogP contribution in [-0.4, -0.2) is 18.9 Å². The van der Waals surface area contributed by atoms with E-state index < -0.39 is 5.41 Å². The minimum atomic E-state index is -0.513. The molecule has 4 nitrogen and oxygen atoms in total. The van der Waals surface area contributed by atoms with Crippen molar-refractivity contribution in [1.29, 1.82) is 0 Å². The summed E-state index contributed by atoms with van der Waals surface area (Å²) < 4.78 is 0. The standard InChI is InChI=1S/C82H66N2O2/c1-47-20-30-69-72(37-47)78(68-29-19-48(2)38-73(68)79(69)60-24-22-56-36-49(3)35-50(4)70(56)44-60)59-23-21-55-46-77(53(7)41-63(55)42-59)84-81(86)62-27-32-65(52(6)40-62)58-25-33-67-66-17-13-14-18-74(66)82(8,76(67)45-58)75-34-28-57(43-71(75)54-15-11-10-12-16-54)64-31-26-61(39-51(64)5)80(85)83-9/h10-46H,1-9H3,(H,83,85)(H,84,86). The molecule has 1 atom stereocenters. The summed E-state index contributed by atoms with van der Waals surface area (Å²) in [4.78, 5) is 27.0. The molecule has 0 spiro atoms. The monoisotopic (exact) mass is 1110 g/mol. The maximum absolute atomic E-state index is 14.4. The van der Waals surface area contributed by atoms with Crippen LogP contribution in [0.4, 0.5) is 5.69 Å². The van der Waals surface area contributed by atoms with E-state index in [2.05, 4.69) is 266 Å². The van der Waals surface area contributed by atoms with Crippen molar-refractivity contribution >= 4 is 60.6 Å². The Hall–Kier alpha value is -10.2. The maximum atomic E-state index is 14.4. The van der Waals surface area contributed by atoms with Crippen LogP contribution in [0.1, 0.15) is 83.3 Å². The van der Waals surface area contributed by atoms with Gasteiger partial charge in [0.15, 0.2) is 0 Å². The Labute approximate surface area is 503 Å². The predicted octanol–water partition coefficient (Wildman–Crippen LogP) is 20.7. The maximum Gasteiger partial charge on any atom is 0.255 e. The highest BCUT2D eigenvalue weighted by molar-refractivity contribution is 6.22. The van der Waals surface area contributed by atoms with E-state index >= 15 is 0 Å². The van der Waals surface area contributed by atoms with Crippen LogP contribution in [0.3, 0.4) is 0 Å². The summed E-state index contributed by atoms with van der Waals surface area (Å²) in [6.07, 6.45) is 0. The van der Waals surface area contributed by atoms with Crippen molar-refractivity contribution in [3.8, 4) is 66.8 Å². The molecule has 1 unspecified atom stereocenters. The number of fused-ring (bicyclic) bond motifs is 7. The van der Waals surface area contributed by atoms with Crippen molar-refractivity contribution in [1.82, 2.24) is 5.32 Å². The fourth-order valence-electron chi connectivity index (χ4n) is 14.2. The number of carbonyl (C=O) groups excluding carboxylic acids is 2. The number of benzene rings is 13. The summed E-state index contributed by atoms with van der Waals surface area (Å²) in [6, 6.07) is 81.8. The number of nitrogens with one attached hydrogen (secondary N) is 2. The Kier molecular flexibility index (Phi) is 13.1. The lowest BCUT2D eigenvalue weighted by atomic mass is 9.71. The summed E-state index contributed by atoms with van der Waals surface area (Å²) in [5, 5.41) is 15.7.